The van der Waals surface area contributed by atoms with Gasteiger partial charge in [0.05, 0.1) is 6.04 Å². The van der Waals surface area contributed by atoms with Crippen molar-refractivity contribution in [1.82, 2.24) is 5.32 Å². The van der Waals surface area contributed by atoms with Crippen LogP contribution in [0.3, 0.4) is 0 Å². The lowest BCUT2D eigenvalue weighted by Crippen LogP contribution is -2.61. The fourth-order valence-electron chi connectivity index (χ4n) is 2.05. The number of nitrogens with one attached hydrogen (secondary N) is 1. The highest BCUT2D eigenvalue weighted by atomic mass is 19.4. The highest BCUT2D eigenvalue weighted by Gasteiger charge is 2.57. The van der Waals surface area contributed by atoms with Crippen LogP contribution in [0, 0.1) is 22.0 Å². The number of carbonyl (C=O) groups excluding carboxylic acids is 1. The third-order valence-corrected chi connectivity index (χ3v) is 2.90. The van der Waals surface area contributed by atoms with E-state index in [1.807, 2.05) is 0 Å². The van der Waals surface area contributed by atoms with Gasteiger partial charge >= 0.3 is 6.18 Å². The summed E-state index contributed by atoms with van der Waals surface area (Å²) < 4.78 is 38.0. The van der Waals surface area contributed by atoms with E-state index in [1.165, 1.54) is 0 Å². The molecule has 1 rings (SSSR count). The second-order valence-electron chi connectivity index (χ2n) is 4.47. The maximum Gasteiger partial charge on any atom is 0.398 e. The summed E-state index contributed by atoms with van der Waals surface area (Å²) >= 11 is 0. The molecule has 0 aromatic rings. The molecule has 1 aliphatic heterocycles. The largest absolute Gasteiger partial charge is 0.398 e. The van der Waals surface area contributed by atoms with E-state index in [4.69, 9.17) is 0 Å². The quantitative estimate of drug-likeness (QED) is 0.597. The summed E-state index contributed by atoms with van der Waals surface area (Å²) in [5.74, 6) is -3.43. The summed E-state index contributed by atoms with van der Waals surface area (Å²) in [6.07, 6.45) is -5.61. The Bertz CT molecular complexity index is 330. The van der Waals surface area contributed by atoms with Gasteiger partial charge in [-0.15, -0.1) is 0 Å². The van der Waals surface area contributed by atoms with Gasteiger partial charge in [0.25, 0.3) is 0 Å². The zero-order chi connectivity index (χ0) is 13.4. The van der Waals surface area contributed by atoms with E-state index in [-0.39, 0.29) is 0 Å². The van der Waals surface area contributed by atoms with Crippen molar-refractivity contribution in [2.45, 2.75) is 38.5 Å². The van der Waals surface area contributed by atoms with E-state index in [0.717, 1.165) is 0 Å². The van der Waals surface area contributed by atoms with E-state index < -0.39 is 47.3 Å². The first-order valence-corrected chi connectivity index (χ1v) is 5.14. The molecule has 8 heteroatoms. The zero-order valence-electron chi connectivity index (χ0n) is 9.32. The minimum Gasteiger partial charge on any atom is -0.346 e. The monoisotopic (exact) mass is 254 g/mol. The first-order chi connectivity index (χ1) is 7.64. The zero-order valence-corrected chi connectivity index (χ0v) is 9.32. The van der Waals surface area contributed by atoms with Crippen molar-refractivity contribution in [1.29, 1.82) is 0 Å². The van der Waals surface area contributed by atoms with Crippen LogP contribution in [0.25, 0.3) is 0 Å². The van der Waals surface area contributed by atoms with Crippen LogP contribution in [0.15, 0.2) is 0 Å². The number of hydrogen-bond acceptors (Lipinski definition) is 3. The van der Waals surface area contributed by atoms with Gasteiger partial charge in [0.15, 0.2) is 0 Å². The molecule has 1 heterocycles. The van der Waals surface area contributed by atoms with E-state index in [0.29, 0.717) is 0 Å². The molecule has 17 heavy (non-hydrogen) atoms. The lowest BCUT2D eigenvalue weighted by molar-refractivity contribution is -0.548. The van der Waals surface area contributed by atoms with Gasteiger partial charge in [0.2, 0.25) is 11.9 Å². The van der Waals surface area contributed by atoms with Crippen molar-refractivity contribution >= 4 is 5.91 Å². The predicted octanol–water partition coefficient (Wildman–Crippen LogP) is 1.35. The number of carbonyl (C=O) groups is 1. The molecule has 1 N–H and O–H groups in total. The van der Waals surface area contributed by atoms with Crippen molar-refractivity contribution in [3.05, 3.63) is 10.1 Å². The molecule has 1 fully saturated rings. The van der Waals surface area contributed by atoms with Crippen molar-refractivity contribution in [2.75, 3.05) is 0 Å². The van der Waals surface area contributed by atoms with Gasteiger partial charge in [-0.05, 0) is 5.92 Å². The average Bonchev–Trinajstić information content (AvgIpc) is 2.14. The lowest BCUT2D eigenvalue weighted by Gasteiger charge is -2.35. The molecule has 0 aliphatic carbocycles. The lowest BCUT2D eigenvalue weighted by atomic mass is 9.81. The predicted molar refractivity (Wildman–Crippen MR) is 51.7 cm³/mol. The minimum atomic E-state index is -4.73. The third kappa shape index (κ3) is 2.86. The van der Waals surface area contributed by atoms with Crippen molar-refractivity contribution < 1.29 is 22.9 Å². The Hall–Kier alpha value is -1.34. The Morgan fingerprint density at radius 1 is 1.47 bits per heavy atom. The van der Waals surface area contributed by atoms with E-state index in [2.05, 4.69) is 5.32 Å². The van der Waals surface area contributed by atoms with Crippen molar-refractivity contribution in [3.63, 3.8) is 0 Å². The summed E-state index contributed by atoms with van der Waals surface area (Å²) in [5.41, 5.74) is 0. The molecule has 5 nitrogen and oxygen atoms in total. The number of rotatable bonds is 2. The first kappa shape index (κ1) is 13.7. The van der Waals surface area contributed by atoms with Crippen molar-refractivity contribution in [3.8, 4) is 0 Å². The first-order valence-electron chi connectivity index (χ1n) is 5.14. The van der Waals surface area contributed by atoms with Gasteiger partial charge in [-0.3, -0.25) is 14.9 Å². The molecular formula is C9H13F3N2O3. The Morgan fingerprint density at radius 2 is 2.00 bits per heavy atom. The fraction of sp³-hybridized carbons (Fsp3) is 0.889. The number of piperidine rings is 1. The average molecular weight is 254 g/mol. The second-order valence-corrected chi connectivity index (χ2v) is 4.47. The number of nitro groups is 1. The molecule has 0 aromatic heterocycles. The van der Waals surface area contributed by atoms with Gasteiger partial charge in [-0.1, -0.05) is 13.8 Å². The van der Waals surface area contributed by atoms with Gasteiger partial charge in [-0.25, -0.2) is 0 Å². The van der Waals surface area contributed by atoms with Crippen LogP contribution in [0.1, 0.15) is 20.3 Å². The molecule has 0 unspecified atom stereocenters. The molecular weight excluding hydrogens is 241 g/mol. The summed E-state index contributed by atoms with van der Waals surface area (Å²) in [6, 6.07) is -2.90. The molecule has 0 spiro atoms. The van der Waals surface area contributed by atoms with Crippen LogP contribution in [0.5, 0.6) is 0 Å². The molecule has 3 atom stereocenters. The number of nitrogens with zero attached hydrogens (tertiary/aromatic N) is 1. The molecule has 1 amide bonds. The van der Waals surface area contributed by atoms with Crippen LogP contribution in [0.2, 0.25) is 0 Å². The fourth-order valence-corrected chi connectivity index (χ4v) is 2.05. The molecule has 0 radical (unpaired) electrons. The third-order valence-electron chi connectivity index (χ3n) is 2.90. The highest BCUT2D eigenvalue weighted by molar-refractivity contribution is 5.77. The van der Waals surface area contributed by atoms with Crippen LogP contribution in [-0.4, -0.2) is 29.1 Å². The van der Waals surface area contributed by atoms with Crippen molar-refractivity contribution in [2.24, 2.45) is 11.8 Å². The normalized spacial score (nSPS) is 30.2. The summed E-state index contributed by atoms with van der Waals surface area (Å²) in [4.78, 5) is 21.0. The number of amides is 1. The van der Waals surface area contributed by atoms with E-state index in [9.17, 15) is 28.1 Å². The van der Waals surface area contributed by atoms with Gasteiger partial charge < -0.3 is 5.32 Å². The maximum atomic E-state index is 12.7. The smallest absolute Gasteiger partial charge is 0.346 e. The molecule has 1 saturated heterocycles. The summed E-state index contributed by atoms with van der Waals surface area (Å²) in [5, 5.41) is 13.1. The molecule has 0 bridgehead atoms. The van der Waals surface area contributed by atoms with Crippen LogP contribution >= 0.6 is 0 Å². The Labute approximate surface area is 95.5 Å². The van der Waals surface area contributed by atoms with E-state index in [1.54, 1.807) is 13.8 Å². The van der Waals surface area contributed by atoms with Gasteiger partial charge in [-0.2, -0.15) is 13.2 Å². The maximum absolute atomic E-state index is 12.7. The van der Waals surface area contributed by atoms with Gasteiger partial charge in [0, 0.05) is 11.3 Å². The Morgan fingerprint density at radius 3 is 2.35 bits per heavy atom. The Balaban J connectivity index is 3.09. The number of hydrogen-bond donors (Lipinski definition) is 1. The van der Waals surface area contributed by atoms with Crippen LogP contribution in [0.4, 0.5) is 13.2 Å². The van der Waals surface area contributed by atoms with E-state index >= 15 is 0 Å². The SMILES string of the molecule is CC(C)[C@@H]1NC(=O)C[C@H](C(F)(F)F)[C@H]1[N+](=O)[O-]. The van der Waals surface area contributed by atoms with Crippen LogP contribution < -0.4 is 5.32 Å². The number of alkyl halides is 3. The topological polar surface area (TPSA) is 72.2 Å². The second kappa shape index (κ2) is 4.50. The Kier molecular flexibility index (Phi) is 3.63. The summed E-state index contributed by atoms with van der Waals surface area (Å²) in [7, 11) is 0. The van der Waals surface area contributed by atoms with Crippen LogP contribution in [-0.2, 0) is 4.79 Å². The molecule has 0 aromatic carbocycles. The standard InChI is InChI=1S/C9H13F3N2O3/c1-4(2)7-8(14(16)17)5(9(10,11)12)3-6(15)13-7/h4-5,7-8H,3H2,1-2H3,(H,13,15)/t5-,7-,8+/m0/s1. The highest BCUT2D eigenvalue weighted by Crippen LogP contribution is 2.37. The number of halogens is 3. The molecule has 0 saturated carbocycles. The molecule has 1 aliphatic rings. The molecule has 98 valence electrons. The van der Waals surface area contributed by atoms with Gasteiger partial charge in [0.1, 0.15) is 5.92 Å². The minimum absolute atomic E-state index is 0.431. The summed E-state index contributed by atoms with van der Waals surface area (Å²) in [6.45, 7) is 3.08.